The Labute approximate surface area is 127 Å². The van der Waals surface area contributed by atoms with E-state index < -0.39 is 12.0 Å². The van der Waals surface area contributed by atoms with Gasteiger partial charge in [0, 0.05) is 9.64 Å². The van der Waals surface area contributed by atoms with E-state index in [0.29, 0.717) is 5.69 Å². The molecule has 0 radical (unpaired) electrons. The molecule has 0 aliphatic carbocycles. The van der Waals surface area contributed by atoms with E-state index >= 15 is 0 Å². The number of hydrogen-bond acceptors (Lipinski definition) is 4. The smallest absolute Gasteiger partial charge is 0.337 e. The first-order chi connectivity index (χ1) is 9.56. The number of amides is 2. The zero-order valence-electron chi connectivity index (χ0n) is 10.1. The molecular weight excluding hydrogens is 377 g/mol. The van der Waals surface area contributed by atoms with Crippen molar-refractivity contribution in [2.75, 3.05) is 5.32 Å². The molecule has 0 unspecified atom stereocenters. The molecule has 8 heteroatoms. The third kappa shape index (κ3) is 3.70. The largest absolute Gasteiger partial charge is 0.478 e. The molecule has 1 aromatic carbocycles. The summed E-state index contributed by atoms with van der Waals surface area (Å²) < 4.78 is 5.40. The Morgan fingerprint density at radius 3 is 2.80 bits per heavy atom. The molecule has 0 aliphatic heterocycles. The van der Waals surface area contributed by atoms with Crippen LogP contribution in [0.3, 0.4) is 0 Å². The van der Waals surface area contributed by atoms with Gasteiger partial charge in [0.25, 0.3) is 0 Å². The summed E-state index contributed by atoms with van der Waals surface area (Å²) in [5.41, 5.74) is 0.838. The highest BCUT2D eigenvalue weighted by Gasteiger charge is 2.13. The van der Waals surface area contributed by atoms with Crippen LogP contribution in [0, 0.1) is 3.57 Å². The Balaban J connectivity index is 2.02. The van der Waals surface area contributed by atoms with Crippen LogP contribution in [0.25, 0.3) is 0 Å². The molecule has 0 atom stereocenters. The minimum atomic E-state index is -1.10. The maximum Gasteiger partial charge on any atom is 0.337 e. The summed E-state index contributed by atoms with van der Waals surface area (Å²) in [6, 6.07) is 5.84. The fraction of sp³-hybridized carbons (Fsp3) is 0.0833. The molecule has 0 saturated heterocycles. The molecule has 1 heterocycles. The number of carbonyl (C=O) groups is 2. The molecule has 0 bridgehead atoms. The van der Waals surface area contributed by atoms with Gasteiger partial charge >= 0.3 is 12.0 Å². The van der Waals surface area contributed by atoms with E-state index in [1.807, 2.05) is 22.6 Å². The fourth-order valence-electron chi connectivity index (χ4n) is 1.47. The normalized spacial score (nSPS) is 10.1. The van der Waals surface area contributed by atoms with Gasteiger partial charge in [-0.2, -0.15) is 0 Å². The van der Waals surface area contributed by atoms with Gasteiger partial charge in [0.1, 0.15) is 12.0 Å². The lowest BCUT2D eigenvalue weighted by Crippen LogP contribution is -2.29. The summed E-state index contributed by atoms with van der Waals surface area (Å²) in [5.74, 6) is -1.10. The van der Waals surface area contributed by atoms with E-state index in [9.17, 15) is 9.59 Å². The van der Waals surface area contributed by atoms with Gasteiger partial charge in [0.2, 0.25) is 0 Å². The molecule has 2 aromatic rings. The number of carboxylic acid groups (broad SMARTS) is 1. The summed E-state index contributed by atoms with van der Waals surface area (Å²) in [5, 5.41) is 17.8. The number of rotatable bonds is 4. The zero-order chi connectivity index (χ0) is 14.5. The summed E-state index contributed by atoms with van der Waals surface area (Å²) in [4.78, 5) is 22.8. The average molecular weight is 387 g/mol. The lowest BCUT2D eigenvalue weighted by molar-refractivity contribution is 0.0698. The van der Waals surface area contributed by atoms with E-state index in [4.69, 9.17) is 5.11 Å². The molecule has 0 spiro atoms. The predicted octanol–water partition coefficient (Wildman–Crippen LogP) is 2.30. The summed E-state index contributed by atoms with van der Waals surface area (Å²) in [7, 11) is 0. The second kappa shape index (κ2) is 6.37. The van der Waals surface area contributed by atoms with Gasteiger partial charge in [0.15, 0.2) is 0 Å². The number of carbonyl (C=O) groups excluding carboxylic acids is 1. The summed E-state index contributed by atoms with van der Waals surface area (Å²) >= 11 is 2.00. The van der Waals surface area contributed by atoms with Gasteiger partial charge in [0.05, 0.1) is 17.8 Å². The van der Waals surface area contributed by atoms with Crippen molar-refractivity contribution in [3.8, 4) is 0 Å². The van der Waals surface area contributed by atoms with Crippen LogP contribution in [-0.4, -0.2) is 22.3 Å². The number of aromatic nitrogens is 1. The van der Waals surface area contributed by atoms with Gasteiger partial charge in [-0.1, -0.05) is 5.16 Å². The first-order valence-electron chi connectivity index (χ1n) is 5.53. The molecule has 1 aromatic heterocycles. The third-order valence-electron chi connectivity index (χ3n) is 2.38. The summed E-state index contributed by atoms with van der Waals surface area (Å²) in [6.45, 7) is 0.190. The molecule has 0 aliphatic rings. The number of aromatic carboxylic acids is 1. The number of benzene rings is 1. The highest BCUT2D eigenvalue weighted by molar-refractivity contribution is 14.1. The topological polar surface area (TPSA) is 104 Å². The number of anilines is 1. The van der Waals surface area contributed by atoms with Crippen LogP contribution >= 0.6 is 22.6 Å². The standard InChI is InChI=1S/C12H10IN3O4/c13-7-1-2-10(9(5-7)11(17)18)15-12(19)14-6-8-3-4-20-16-8/h1-5H,6H2,(H,17,18)(H2,14,15,19). The van der Waals surface area contributed by atoms with Crippen molar-refractivity contribution in [2.24, 2.45) is 0 Å². The zero-order valence-corrected chi connectivity index (χ0v) is 12.2. The number of hydrogen-bond donors (Lipinski definition) is 3. The molecule has 0 fully saturated rings. The molecule has 3 N–H and O–H groups in total. The molecule has 2 amide bonds. The third-order valence-corrected chi connectivity index (χ3v) is 3.05. The molecule has 20 heavy (non-hydrogen) atoms. The fourth-order valence-corrected chi connectivity index (χ4v) is 1.96. The first-order valence-corrected chi connectivity index (χ1v) is 6.61. The van der Waals surface area contributed by atoms with E-state index in [-0.39, 0.29) is 17.8 Å². The molecule has 0 saturated carbocycles. The number of carboxylic acids is 1. The first kappa shape index (κ1) is 14.3. The van der Waals surface area contributed by atoms with Crippen LogP contribution < -0.4 is 10.6 Å². The van der Waals surface area contributed by atoms with Gasteiger partial charge in [-0.25, -0.2) is 9.59 Å². The van der Waals surface area contributed by atoms with Gasteiger partial charge in [-0.15, -0.1) is 0 Å². The van der Waals surface area contributed by atoms with Gasteiger partial charge in [-0.3, -0.25) is 0 Å². The van der Waals surface area contributed by atoms with Gasteiger partial charge < -0.3 is 20.3 Å². The quantitative estimate of drug-likeness (QED) is 0.699. The van der Waals surface area contributed by atoms with Crippen LogP contribution in [0.2, 0.25) is 0 Å². The van der Waals surface area contributed by atoms with Crippen molar-refractivity contribution < 1.29 is 19.2 Å². The Morgan fingerprint density at radius 1 is 1.35 bits per heavy atom. The van der Waals surface area contributed by atoms with E-state index in [1.165, 1.54) is 12.3 Å². The van der Waals surface area contributed by atoms with Crippen molar-refractivity contribution >= 4 is 40.3 Å². The Bertz CT molecular complexity index is 628. The highest BCUT2D eigenvalue weighted by Crippen LogP contribution is 2.18. The van der Waals surface area contributed by atoms with Crippen molar-refractivity contribution in [3.63, 3.8) is 0 Å². The van der Waals surface area contributed by atoms with Crippen molar-refractivity contribution in [1.29, 1.82) is 0 Å². The van der Waals surface area contributed by atoms with Crippen molar-refractivity contribution in [1.82, 2.24) is 10.5 Å². The maximum atomic E-state index is 11.7. The molecule has 2 rings (SSSR count). The van der Waals surface area contributed by atoms with Crippen molar-refractivity contribution in [3.05, 3.63) is 45.4 Å². The van der Waals surface area contributed by atoms with E-state index in [0.717, 1.165) is 3.57 Å². The molecule has 104 valence electrons. The highest BCUT2D eigenvalue weighted by atomic mass is 127. The van der Waals surface area contributed by atoms with Crippen LogP contribution in [0.1, 0.15) is 16.1 Å². The minimum Gasteiger partial charge on any atom is -0.478 e. The van der Waals surface area contributed by atoms with E-state index in [1.54, 1.807) is 18.2 Å². The molecular formula is C12H10IN3O4. The van der Waals surface area contributed by atoms with Crippen LogP contribution in [0.5, 0.6) is 0 Å². The number of halogens is 1. The Morgan fingerprint density at radius 2 is 2.15 bits per heavy atom. The van der Waals surface area contributed by atoms with Gasteiger partial charge in [-0.05, 0) is 40.8 Å². The monoisotopic (exact) mass is 387 g/mol. The second-order valence-corrected chi connectivity index (χ2v) is 5.04. The number of nitrogens with one attached hydrogen (secondary N) is 2. The van der Waals surface area contributed by atoms with Crippen molar-refractivity contribution in [2.45, 2.75) is 6.54 Å². The number of urea groups is 1. The Hall–Kier alpha value is -2.10. The number of nitrogens with zero attached hydrogens (tertiary/aromatic N) is 1. The SMILES string of the molecule is O=C(NCc1ccon1)Nc1ccc(I)cc1C(=O)O. The average Bonchev–Trinajstić information content (AvgIpc) is 2.91. The summed E-state index contributed by atoms with van der Waals surface area (Å²) in [6.07, 6.45) is 1.40. The minimum absolute atomic E-state index is 0.0356. The van der Waals surface area contributed by atoms with Crippen LogP contribution in [0.15, 0.2) is 35.1 Å². The second-order valence-electron chi connectivity index (χ2n) is 3.79. The lowest BCUT2D eigenvalue weighted by Gasteiger charge is -2.09. The van der Waals surface area contributed by atoms with E-state index in [2.05, 4.69) is 20.3 Å². The Kier molecular flexibility index (Phi) is 4.56. The van der Waals surface area contributed by atoms with Crippen LogP contribution in [0.4, 0.5) is 10.5 Å². The molecule has 7 nitrogen and oxygen atoms in total. The predicted molar refractivity (Wildman–Crippen MR) is 78.5 cm³/mol. The lowest BCUT2D eigenvalue weighted by atomic mass is 10.2. The maximum absolute atomic E-state index is 11.7. The van der Waals surface area contributed by atoms with Crippen LogP contribution in [-0.2, 0) is 6.54 Å².